The minimum atomic E-state index is -1.82. The van der Waals surface area contributed by atoms with E-state index in [1.807, 2.05) is 71.2 Å². The maximum absolute atomic E-state index is 10.7. The van der Waals surface area contributed by atoms with Crippen LogP contribution in [0.4, 0.5) is 0 Å². The van der Waals surface area contributed by atoms with Gasteiger partial charge in [0.05, 0.1) is 12.5 Å². The fourth-order valence-electron chi connectivity index (χ4n) is 10.5. The van der Waals surface area contributed by atoms with Gasteiger partial charge in [-0.25, -0.2) is 19.2 Å². The number of rotatable bonds is 20. The lowest BCUT2D eigenvalue weighted by Gasteiger charge is -2.33. The molecule has 0 spiro atoms. The minimum Gasteiger partial charge on any atom is -0.487 e. The van der Waals surface area contributed by atoms with Crippen LogP contribution in [0, 0.1) is 0 Å². The quantitative estimate of drug-likeness (QED) is 0.0388. The predicted octanol–water partition coefficient (Wildman–Crippen LogP) is 9.01. The van der Waals surface area contributed by atoms with E-state index in [0.29, 0.717) is 36.4 Å². The number of hydrogen-bond acceptors (Lipinski definition) is 16. The standard InChI is InChI=1S/2C29H36N2O3S.2C2H2O4.H2O/c2*1-30(2)15-6-9-25-24-8-3-4-11-27(24)35-29(25)22-12-16-31(17-13-22)19-23(32)20-34-26-10-5-7-21-14-18-33-28(21)26;2*3-1(4)2(5)6;/h2*3-5,7-8,10-11,14,18,22-23,32H,6,9,12-13,15-17,19-20H2,1-2H3;2*(H,3,4)(H,5,6);1H2/t23-;;;;/m0..../s1. The van der Waals surface area contributed by atoms with Crippen molar-refractivity contribution in [3.05, 3.63) is 130 Å². The molecule has 2 atom stereocenters. The summed E-state index contributed by atoms with van der Waals surface area (Å²) in [6.45, 7) is 8.13. The number of aryl methyl sites for hydroxylation is 2. The Morgan fingerprint density at radius 3 is 1.25 bits per heavy atom. The predicted molar refractivity (Wildman–Crippen MR) is 324 cm³/mol. The van der Waals surface area contributed by atoms with E-state index in [0.717, 1.165) is 99.7 Å². The summed E-state index contributed by atoms with van der Waals surface area (Å²) in [5.41, 5.74) is 4.63. The van der Waals surface area contributed by atoms with E-state index in [4.69, 9.17) is 57.9 Å². The van der Waals surface area contributed by atoms with Gasteiger partial charge in [-0.1, -0.05) is 60.7 Å². The maximum Gasteiger partial charge on any atom is 0.414 e. The van der Waals surface area contributed by atoms with Crippen LogP contribution in [-0.4, -0.2) is 186 Å². The molecule has 8 N–H and O–H groups in total. The number of hydrogen-bond donors (Lipinski definition) is 6. The van der Waals surface area contributed by atoms with Crippen LogP contribution in [0.2, 0.25) is 0 Å². The number of piperidine rings is 2. The van der Waals surface area contributed by atoms with Gasteiger partial charge in [-0.3, -0.25) is 0 Å². The van der Waals surface area contributed by atoms with Gasteiger partial charge < -0.3 is 74.0 Å². The van der Waals surface area contributed by atoms with Gasteiger partial charge in [0, 0.05) is 43.0 Å². The number of ether oxygens (including phenoxy) is 2. The average Bonchev–Trinajstić information content (AvgIpc) is 4.29. The lowest BCUT2D eigenvalue weighted by atomic mass is 9.90. The largest absolute Gasteiger partial charge is 0.487 e. The number of para-hydroxylation sites is 2. The molecule has 0 amide bonds. The number of nitrogens with zero attached hydrogens (tertiary/aromatic N) is 4. The Bertz CT molecular complexity index is 3070. The highest BCUT2D eigenvalue weighted by atomic mass is 32.1. The summed E-state index contributed by atoms with van der Waals surface area (Å²) in [6, 6.07) is 33.3. The Balaban J connectivity index is 0.000000221. The molecule has 4 aromatic carbocycles. The van der Waals surface area contributed by atoms with E-state index in [2.05, 4.69) is 96.3 Å². The van der Waals surface area contributed by atoms with Gasteiger partial charge in [-0.05, 0) is 189 Å². The highest BCUT2D eigenvalue weighted by molar-refractivity contribution is 7.19. The number of aliphatic hydroxyl groups is 2. The van der Waals surface area contributed by atoms with Gasteiger partial charge >= 0.3 is 23.9 Å². The van der Waals surface area contributed by atoms with Crippen molar-refractivity contribution in [3.8, 4) is 11.5 Å². The molecule has 8 aromatic rings. The van der Waals surface area contributed by atoms with Crippen LogP contribution in [0.5, 0.6) is 11.5 Å². The van der Waals surface area contributed by atoms with Crippen LogP contribution in [0.1, 0.15) is 71.2 Å². The highest BCUT2D eigenvalue weighted by Crippen LogP contribution is 2.43. The first-order chi connectivity index (χ1) is 39.4. The molecule has 10 rings (SSSR count). The van der Waals surface area contributed by atoms with Gasteiger partial charge in [-0.15, -0.1) is 22.7 Å². The van der Waals surface area contributed by atoms with Crippen LogP contribution >= 0.6 is 22.7 Å². The molecule has 2 fully saturated rings. The van der Waals surface area contributed by atoms with Gasteiger partial charge in [0.1, 0.15) is 25.4 Å². The molecule has 21 heteroatoms. The molecule has 83 heavy (non-hydrogen) atoms. The third kappa shape index (κ3) is 19.1. The first-order valence-electron chi connectivity index (χ1n) is 27.7. The number of aliphatic hydroxyl groups excluding tert-OH is 2. The Kier molecular flexibility index (Phi) is 25.3. The zero-order valence-electron chi connectivity index (χ0n) is 47.5. The Morgan fingerprint density at radius 1 is 0.542 bits per heavy atom. The molecular formula is C62H78N4O15S2. The fraction of sp³-hybridized carbons (Fsp3) is 0.419. The summed E-state index contributed by atoms with van der Waals surface area (Å²) in [6.07, 6.45) is 11.6. The van der Waals surface area contributed by atoms with Crippen LogP contribution in [-0.2, 0) is 32.0 Å². The molecule has 0 saturated carbocycles. The molecule has 1 unspecified atom stereocenters. The lowest BCUT2D eigenvalue weighted by molar-refractivity contribution is -0.159. The second-order valence-corrected chi connectivity index (χ2v) is 23.4. The van der Waals surface area contributed by atoms with Crippen LogP contribution in [0.15, 0.2) is 118 Å². The molecule has 6 heterocycles. The number of carbonyl (C=O) groups is 4. The van der Waals surface area contributed by atoms with Crippen molar-refractivity contribution in [2.75, 3.05) is 93.8 Å². The van der Waals surface area contributed by atoms with Gasteiger partial charge in [0.15, 0.2) is 22.7 Å². The molecule has 0 bridgehead atoms. The first kappa shape index (κ1) is 65.2. The molecule has 2 aliphatic heterocycles. The monoisotopic (exact) mass is 1180 g/mol. The summed E-state index contributed by atoms with van der Waals surface area (Å²) in [4.78, 5) is 48.9. The van der Waals surface area contributed by atoms with Crippen molar-refractivity contribution in [2.45, 2.75) is 75.4 Å². The summed E-state index contributed by atoms with van der Waals surface area (Å²) >= 11 is 4.00. The third-order valence-corrected chi connectivity index (χ3v) is 17.2. The normalized spacial score (nSPS) is 14.9. The van der Waals surface area contributed by atoms with E-state index in [1.165, 1.54) is 33.0 Å². The van der Waals surface area contributed by atoms with Crippen molar-refractivity contribution in [3.63, 3.8) is 0 Å². The van der Waals surface area contributed by atoms with E-state index < -0.39 is 36.1 Å². The molecule has 448 valence electrons. The lowest BCUT2D eigenvalue weighted by Crippen LogP contribution is -2.40. The number of furan rings is 2. The van der Waals surface area contributed by atoms with Crippen molar-refractivity contribution in [1.29, 1.82) is 0 Å². The Morgan fingerprint density at radius 2 is 0.904 bits per heavy atom. The van der Waals surface area contributed by atoms with Gasteiger partial charge in [0.25, 0.3) is 0 Å². The third-order valence-electron chi connectivity index (χ3n) is 14.5. The summed E-state index contributed by atoms with van der Waals surface area (Å²) in [7, 11) is 8.61. The first-order valence-corrected chi connectivity index (χ1v) is 29.3. The number of carboxylic acid groups (broad SMARTS) is 4. The molecular weight excluding hydrogens is 1100 g/mol. The van der Waals surface area contributed by atoms with E-state index in [9.17, 15) is 10.2 Å². The number of β-amino-alcohol motifs (C(OH)–C–C–N with tert-alkyl or cyclic N) is 2. The number of thiophene rings is 2. The molecule has 2 aliphatic rings. The minimum absolute atomic E-state index is 0. The summed E-state index contributed by atoms with van der Waals surface area (Å²) < 4.78 is 25.7. The van der Waals surface area contributed by atoms with Crippen molar-refractivity contribution < 1.29 is 73.6 Å². The van der Waals surface area contributed by atoms with E-state index >= 15 is 0 Å². The summed E-state index contributed by atoms with van der Waals surface area (Å²) in [5.74, 6) is -4.69. The molecule has 4 aromatic heterocycles. The Labute approximate surface area is 490 Å². The Hall–Kier alpha value is -6.92. The van der Waals surface area contributed by atoms with E-state index in [-0.39, 0.29) is 18.7 Å². The van der Waals surface area contributed by atoms with E-state index in [1.54, 1.807) is 33.4 Å². The smallest absolute Gasteiger partial charge is 0.414 e. The zero-order valence-corrected chi connectivity index (χ0v) is 49.1. The fourth-order valence-corrected chi connectivity index (χ4v) is 13.4. The number of likely N-dealkylation sites (tertiary alicyclic amines) is 2. The van der Waals surface area contributed by atoms with Crippen LogP contribution in [0.3, 0.4) is 0 Å². The molecule has 2 saturated heterocycles. The SMILES string of the molecule is CN(C)CCCc1c(C2CCN(CC(O)COc3cccc4ccoc34)CC2)sc2ccccc12.CN(C)CCCc1c(C2CCN(C[C@H](O)COc3cccc4ccoc34)CC2)sc2ccccc12.O.O=C(O)C(=O)O.O=C(O)C(=O)O. The number of benzene rings is 4. The average molecular weight is 1180 g/mol. The zero-order chi connectivity index (χ0) is 58.7. The van der Waals surface area contributed by atoms with Crippen molar-refractivity contribution in [1.82, 2.24) is 19.6 Å². The van der Waals surface area contributed by atoms with Crippen molar-refractivity contribution in [2.24, 2.45) is 0 Å². The van der Waals surface area contributed by atoms with Crippen LogP contribution in [0.25, 0.3) is 42.1 Å². The number of carboxylic acids is 4. The molecule has 0 radical (unpaired) electrons. The summed E-state index contributed by atoms with van der Waals surface area (Å²) in [5, 5.41) is 55.8. The maximum atomic E-state index is 10.7. The van der Waals surface area contributed by atoms with Crippen molar-refractivity contribution >= 4 is 88.7 Å². The van der Waals surface area contributed by atoms with Crippen LogP contribution < -0.4 is 9.47 Å². The molecule has 0 aliphatic carbocycles. The number of aliphatic carboxylic acids is 4. The van der Waals surface area contributed by atoms with Gasteiger partial charge in [-0.2, -0.15) is 0 Å². The second-order valence-electron chi connectivity index (χ2n) is 21.2. The topological polar surface area (TPSA) is 279 Å². The van der Waals surface area contributed by atoms with Gasteiger partial charge in [0.2, 0.25) is 0 Å². The highest BCUT2D eigenvalue weighted by Gasteiger charge is 2.28. The molecule has 19 nitrogen and oxygen atoms in total. The number of fused-ring (bicyclic) bond motifs is 4. The second kappa shape index (κ2) is 32.2.